The zero-order valence-corrected chi connectivity index (χ0v) is 11.4. The average Bonchev–Trinajstić information content (AvgIpc) is 2.43. The molecule has 5 heteroatoms. The van der Waals surface area contributed by atoms with Crippen molar-refractivity contribution in [2.75, 3.05) is 13.1 Å². The first-order valence-corrected chi connectivity index (χ1v) is 6.48. The van der Waals surface area contributed by atoms with Gasteiger partial charge in [0, 0.05) is 25.5 Å². The molecule has 1 N–H and O–H groups in total. The minimum absolute atomic E-state index is 0.158. The lowest BCUT2D eigenvalue weighted by Crippen LogP contribution is -2.37. The molecule has 0 aromatic carbocycles. The summed E-state index contributed by atoms with van der Waals surface area (Å²) >= 11 is 0. The first-order valence-electron chi connectivity index (χ1n) is 6.48. The van der Waals surface area contributed by atoms with E-state index in [1.807, 2.05) is 6.92 Å². The normalized spacial score (nSPS) is 11.9. The fraction of sp³-hybridized carbons (Fsp3) is 0.500. The van der Waals surface area contributed by atoms with E-state index in [0.717, 1.165) is 12.8 Å². The maximum Gasteiger partial charge on any atom is 0.308 e. The highest BCUT2D eigenvalue weighted by Crippen LogP contribution is 2.08. The summed E-state index contributed by atoms with van der Waals surface area (Å²) in [5.41, 5.74) is 0.496. The van der Waals surface area contributed by atoms with E-state index in [9.17, 15) is 9.59 Å². The number of aliphatic carboxylic acids is 1. The molecule has 0 saturated carbocycles. The van der Waals surface area contributed by atoms with E-state index in [0.29, 0.717) is 12.1 Å². The van der Waals surface area contributed by atoms with Gasteiger partial charge in [-0.25, -0.2) is 0 Å². The van der Waals surface area contributed by atoms with E-state index in [4.69, 9.17) is 5.11 Å². The number of carbonyl (C=O) groups is 2. The number of carbonyl (C=O) groups excluding carboxylic acids is 1. The largest absolute Gasteiger partial charge is 0.481 e. The van der Waals surface area contributed by atoms with Gasteiger partial charge in [-0.05, 0) is 18.6 Å². The number of unbranched alkanes of at least 4 members (excludes halogenated alkanes) is 1. The predicted molar refractivity (Wildman–Crippen MR) is 71.8 cm³/mol. The van der Waals surface area contributed by atoms with E-state index < -0.39 is 11.9 Å². The van der Waals surface area contributed by atoms with Crippen molar-refractivity contribution >= 4 is 11.9 Å². The van der Waals surface area contributed by atoms with E-state index in [1.54, 1.807) is 30.2 Å². The number of hydrogen-bond donors (Lipinski definition) is 1. The van der Waals surface area contributed by atoms with Gasteiger partial charge in [0.25, 0.3) is 5.91 Å². The Morgan fingerprint density at radius 3 is 2.74 bits per heavy atom. The Morgan fingerprint density at radius 2 is 2.21 bits per heavy atom. The zero-order valence-electron chi connectivity index (χ0n) is 11.4. The number of hydrogen-bond acceptors (Lipinski definition) is 3. The number of carboxylic acid groups (broad SMARTS) is 1. The lowest BCUT2D eigenvalue weighted by atomic mass is 10.1. The number of pyridine rings is 1. The minimum atomic E-state index is -0.888. The van der Waals surface area contributed by atoms with Crippen LogP contribution >= 0.6 is 0 Å². The van der Waals surface area contributed by atoms with Crippen LogP contribution in [0.4, 0.5) is 0 Å². The van der Waals surface area contributed by atoms with Crippen LogP contribution in [0.3, 0.4) is 0 Å². The number of rotatable bonds is 7. The maximum absolute atomic E-state index is 12.3. The van der Waals surface area contributed by atoms with Gasteiger partial charge in [0.15, 0.2) is 0 Å². The summed E-state index contributed by atoms with van der Waals surface area (Å²) in [6, 6.07) is 3.39. The summed E-state index contributed by atoms with van der Waals surface area (Å²) in [7, 11) is 0. The number of amides is 1. The molecule has 0 radical (unpaired) electrons. The first kappa shape index (κ1) is 15.1. The molecular formula is C14H20N2O3. The monoisotopic (exact) mass is 264 g/mol. The topological polar surface area (TPSA) is 70.5 Å². The Bertz CT molecular complexity index is 420. The molecule has 1 unspecified atom stereocenters. The quantitative estimate of drug-likeness (QED) is 0.818. The molecule has 1 atom stereocenters. The summed E-state index contributed by atoms with van der Waals surface area (Å²) in [5.74, 6) is -1.62. The van der Waals surface area contributed by atoms with Crippen LogP contribution in [0.15, 0.2) is 24.5 Å². The molecule has 1 rings (SSSR count). The van der Waals surface area contributed by atoms with Gasteiger partial charge in [-0.1, -0.05) is 20.3 Å². The van der Waals surface area contributed by atoms with Gasteiger partial charge in [0.1, 0.15) is 0 Å². The zero-order chi connectivity index (χ0) is 14.3. The number of carboxylic acids is 1. The highest BCUT2D eigenvalue weighted by Gasteiger charge is 2.21. The third-order valence-corrected chi connectivity index (χ3v) is 2.89. The molecule has 104 valence electrons. The molecule has 1 aromatic rings. The van der Waals surface area contributed by atoms with Crippen LogP contribution in [0.25, 0.3) is 0 Å². The van der Waals surface area contributed by atoms with E-state index >= 15 is 0 Å². The summed E-state index contributed by atoms with van der Waals surface area (Å²) in [5, 5.41) is 8.96. The Labute approximate surface area is 113 Å². The second-order valence-corrected chi connectivity index (χ2v) is 4.59. The highest BCUT2D eigenvalue weighted by atomic mass is 16.4. The van der Waals surface area contributed by atoms with Crippen molar-refractivity contribution in [3.05, 3.63) is 30.1 Å². The standard InChI is InChI=1S/C14H20N2O3/c1-3-4-8-16(10-11(2)14(18)19)13(17)12-6-5-7-15-9-12/h5-7,9,11H,3-4,8,10H2,1-2H3,(H,18,19). The van der Waals surface area contributed by atoms with Gasteiger partial charge in [0.2, 0.25) is 0 Å². The SMILES string of the molecule is CCCCN(CC(C)C(=O)O)C(=O)c1cccnc1. The van der Waals surface area contributed by atoms with Crippen molar-refractivity contribution < 1.29 is 14.7 Å². The van der Waals surface area contributed by atoms with Crippen LogP contribution in [0.2, 0.25) is 0 Å². The first-order chi connectivity index (χ1) is 9.06. The van der Waals surface area contributed by atoms with Crippen LogP contribution < -0.4 is 0 Å². The third-order valence-electron chi connectivity index (χ3n) is 2.89. The van der Waals surface area contributed by atoms with Crippen LogP contribution in [-0.4, -0.2) is 40.0 Å². The molecule has 1 amide bonds. The molecular weight excluding hydrogens is 244 g/mol. The molecule has 1 aromatic heterocycles. The van der Waals surface area contributed by atoms with Crippen molar-refractivity contribution in [3.63, 3.8) is 0 Å². The van der Waals surface area contributed by atoms with Crippen molar-refractivity contribution in [2.45, 2.75) is 26.7 Å². The van der Waals surface area contributed by atoms with Crippen molar-refractivity contribution in [1.29, 1.82) is 0 Å². The molecule has 5 nitrogen and oxygen atoms in total. The van der Waals surface area contributed by atoms with Gasteiger partial charge in [-0.15, -0.1) is 0 Å². The van der Waals surface area contributed by atoms with E-state index in [2.05, 4.69) is 4.98 Å². The van der Waals surface area contributed by atoms with Crippen LogP contribution in [0.1, 0.15) is 37.0 Å². The Hall–Kier alpha value is -1.91. The summed E-state index contributed by atoms with van der Waals surface area (Å²) < 4.78 is 0. The number of aromatic nitrogens is 1. The maximum atomic E-state index is 12.3. The molecule has 0 saturated heterocycles. The summed E-state index contributed by atoms with van der Waals surface area (Å²) in [6.07, 6.45) is 4.93. The molecule has 0 aliphatic rings. The second kappa shape index (κ2) is 7.51. The van der Waals surface area contributed by atoms with Gasteiger partial charge in [0.05, 0.1) is 11.5 Å². The minimum Gasteiger partial charge on any atom is -0.481 e. The molecule has 0 aliphatic carbocycles. The van der Waals surface area contributed by atoms with Crippen molar-refractivity contribution in [3.8, 4) is 0 Å². The van der Waals surface area contributed by atoms with Crippen molar-refractivity contribution in [1.82, 2.24) is 9.88 Å². The molecule has 0 bridgehead atoms. The Kier molecular flexibility index (Phi) is 5.99. The van der Waals surface area contributed by atoms with Gasteiger partial charge >= 0.3 is 5.97 Å². The Morgan fingerprint density at radius 1 is 1.47 bits per heavy atom. The smallest absolute Gasteiger partial charge is 0.308 e. The molecule has 0 spiro atoms. The lowest BCUT2D eigenvalue weighted by Gasteiger charge is -2.24. The van der Waals surface area contributed by atoms with Gasteiger partial charge < -0.3 is 10.0 Å². The van der Waals surface area contributed by atoms with Gasteiger partial charge in [-0.2, -0.15) is 0 Å². The van der Waals surface area contributed by atoms with Crippen LogP contribution in [0.5, 0.6) is 0 Å². The van der Waals surface area contributed by atoms with Crippen LogP contribution in [0, 0.1) is 5.92 Å². The number of nitrogens with zero attached hydrogens (tertiary/aromatic N) is 2. The fourth-order valence-electron chi connectivity index (χ4n) is 1.71. The second-order valence-electron chi connectivity index (χ2n) is 4.59. The summed E-state index contributed by atoms with van der Waals surface area (Å²) in [4.78, 5) is 28.7. The van der Waals surface area contributed by atoms with Crippen LogP contribution in [-0.2, 0) is 4.79 Å². The fourth-order valence-corrected chi connectivity index (χ4v) is 1.71. The highest BCUT2D eigenvalue weighted by molar-refractivity contribution is 5.94. The predicted octanol–water partition coefficient (Wildman–Crippen LogP) is 2.04. The van der Waals surface area contributed by atoms with Crippen molar-refractivity contribution in [2.24, 2.45) is 5.92 Å². The van der Waals surface area contributed by atoms with E-state index in [1.165, 1.54) is 6.20 Å². The van der Waals surface area contributed by atoms with E-state index in [-0.39, 0.29) is 12.5 Å². The molecule has 0 fully saturated rings. The molecule has 19 heavy (non-hydrogen) atoms. The van der Waals surface area contributed by atoms with Gasteiger partial charge in [-0.3, -0.25) is 14.6 Å². The molecule has 0 aliphatic heterocycles. The third kappa shape index (κ3) is 4.69. The Balaban J connectivity index is 2.78. The molecule has 1 heterocycles. The average molecular weight is 264 g/mol. The summed E-state index contributed by atoms with van der Waals surface area (Å²) in [6.45, 7) is 4.44. The lowest BCUT2D eigenvalue weighted by molar-refractivity contribution is -0.141.